The molecule has 0 aliphatic heterocycles. The van der Waals surface area contributed by atoms with Crippen molar-refractivity contribution < 1.29 is 27.7 Å². The summed E-state index contributed by atoms with van der Waals surface area (Å²) in [7, 11) is -2.05. The molecule has 0 amide bonds. The Morgan fingerprint density at radius 2 is 1.20 bits per heavy atom. The largest absolute Gasteiger partial charge is 0.391 e. The number of nitrogens with zero attached hydrogens (tertiary/aromatic N) is 1. The van der Waals surface area contributed by atoms with Crippen molar-refractivity contribution in [1.82, 2.24) is 0 Å². The van der Waals surface area contributed by atoms with Crippen LogP contribution in [-0.4, -0.2) is 72.8 Å². The monoisotopic (exact) mass is 452 g/mol. The summed E-state index contributed by atoms with van der Waals surface area (Å²) in [5.41, 5.74) is 0. The van der Waals surface area contributed by atoms with Crippen molar-refractivity contribution in [2.75, 3.05) is 39.0 Å². The van der Waals surface area contributed by atoms with Crippen LogP contribution >= 0.6 is 0 Å². The molecule has 0 radical (unpaired) electrons. The lowest BCUT2D eigenvalue weighted by Gasteiger charge is -2.35. The van der Waals surface area contributed by atoms with E-state index in [0.29, 0.717) is 17.6 Å². The highest BCUT2D eigenvalue weighted by atomic mass is 32.2. The number of aliphatic hydroxyl groups excluding tert-OH is 2. The highest BCUT2D eigenvalue weighted by Crippen LogP contribution is 2.15. The number of aliphatic hydroxyl groups is 2. The zero-order chi connectivity index (χ0) is 22.7. The van der Waals surface area contributed by atoms with E-state index in [-0.39, 0.29) is 13.0 Å². The van der Waals surface area contributed by atoms with Gasteiger partial charge in [0.1, 0.15) is 19.2 Å². The van der Waals surface area contributed by atoms with E-state index < -0.39 is 22.0 Å². The molecule has 2 atom stereocenters. The minimum absolute atomic E-state index is 0.0246. The van der Waals surface area contributed by atoms with E-state index in [9.17, 15) is 18.6 Å². The van der Waals surface area contributed by atoms with Crippen molar-refractivity contribution in [3.8, 4) is 0 Å². The van der Waals surface area contributed by atoms with E-state index in [1.165, 1.54) is 77.0 Å². The van der Waals surface area contributed by atoms with Gasteiger partial charge in [0.15, 0.2) is 0 Å². The third kappa shape index (κ3) is 19.7. The van der Waals surface area contributed by atoms with Crippen molar-refractivity contribution >= 4 is 10.1 Å². The third-order valence-electron chi connectivity index (χ3n) is 6.05. The molecule has 0 aliphatic carbocycles. The van der Waals surface area contributed by atoms with Crippen LogP contribution in [0.5, 0.6) is 0 Å². The maximum atomic E-state index is 10.8. The number of hydrogen-bond acceptors (Lipinski definition) is 4. The van der Waals surface area contributed by atoms with Crippen LogP contribution < -0.4 is 0 Å². The molecule has 0 aromatic heterocycles. The maximum absolute atomic E-state index is 10.8. The molecule has 0 aliphatic rings. The SMILES string of the molecule is CCCCCCCCCCCCCCCC[N+](C)(CCO)CC(O)CCS(=O)(=O)O. The van der Waals surface area contributed by atoms with Crippen molar-refractivity contribution in [2.45, 2.75) is 109 Å². The molecule has 7 heteroatoms. The first kappa shape index (κ1) is 29.8. The van der Waals surface area contributed by atoms with Crippen LogP contribution in [0.15, 0.2) is 0 Å². The van der Waals surface area contributed by atoms with Gasteiger partial charge in [-0.3, -0.25) is 4.55 Å². The molecule has 0 bridgehead atoms. The molecule has 0 saturated heterocycles. The summed E-state index contributed by atoms with van der Waals surface area (Å²) in [5.74, 6) is -0.424. The summed E-state index contributed by atoms with van der Waals surface area (Å²) < 4.78 is 31.0. The quantitative estimate of drug-likeness (QED) is 0.127. The molecular weight excluding hydrogens is 402 g/mol. The lowest BCUT2D eigenvalue weighted by Crippen LogP contribution is -2.51. The highest BCUT2D eigenvalue weighted by Gasteiger charge is 2.25. The van der Waals surface area contributed by atoms with Gasteiger partial charge in [-0.05, 0) is 19.3 Å². The zero-order valence-electron chi connectivity index (χ0n) is 19.7. The Kier molecular flexibility index (Phi) is 18.2. The molecule has 0 heterocycles. The van der Waals surface area contributed by atoms with Gasteiger partial charge in [0.05, 0.1) is 26.0 Å². The van der Waals surface area contributed by atoms with Gasteiger partial charge in [-0.2, -0.15) is 8.42 Å². The summed E-state index contributed by atoms with van der Waals surface area (Å²) in [6.07, 6.45) is 17.6. The first-order valence-electron chi connectivity index (χ1n) is 12.3. The number of unbranched alkanes of at least 4 members (excludes halogenated alkanes) is 13. The molecule has 182 valence electrons. The Balaban J connectivity index is 3.75. The number of likely N-dealkylation sites (N-methyl/N-ethyl adjacent to an activating group) is 1. The minimum Gasteiger partial charge on any atom is -0.391 e. The number of hydrogen-bond donors (Lipinski definition) is 3. The molecule has 0 aromatic rings. The average molecular weight is 453 g/mol. The summed E-state index contributed by atoms with van der Waals surface area (Å²) in [4.78, 5) is 0. The number of rotatable bonds is 22. The average Bonchev–Trinajstić information content (AvgIpc) is 2.66. The molecular formula is C23H50NO5S+. The molecule has 0 spiro atoms. The zero-order valence-corrected chi connectivity index (χ0v) is 20.5. The van der Waals surface area contributed by atoms with Crippen LogP contribution in [0.1, 0.15) is 103 Å². The normalized spacial score (nSPS) is 15.2. The van der Waals surface area contributed by atoms with Crippen LogP contribution in [-0.2, 0) is 10.1 Å². The molecule has 2 unspecified atom stereocenters. The van der Waals surface area contributed by atoms with E-state index in [0.717, 1.165) is 19.4 Å². The van der Waals surface area contributed by atoms with Gasteiger partial charge in [-0.1, -0.05) is 84.0 Å². The second-order valence-corrected chi connectivity index (χ2v) is 10.9. The van der Waals surface area contributed by atoms with Crippen LogP contribution in [0, 0.1) is 0 Å². The van der Waals surface area contributed by atoms with Gasteiger partial charge < -0.3 is 14.7 Å². The Hall–Kier alpha value is -0.210. The maximum Gasteiger partial charge on any atom is 0.264 e. The topological polar surface area (TPSA) is 94.8 Å². The lowest BCUT2D eigenvalue weighted by molar-refractivity contribution is -0.913. The Morgan fingerprint density at radius 1 is 0.767 bits per heavy atom. The summed E-state index contributed by atoms with van der Waals surface area (Å²) in [6, 6.07) is 0. The van der Waals surface area contributed by atoms with Gasteiger partial charge in [0.25, 0.3) is 10.1 Å². The van der Waals surface area contributed by atoms with E-state index in [4.69, 9.17) is 4.55 Å². The first-order valence-corrected chi connectivity index (χ1v) is 13.9. The molecule has 0 aromatic carbocycles. The molecule has 30 heavy (non-hydrogen) atoms. The second-order valence-electron chi connectivity index (χ2n) is 9.30. The fourth-order valence-electron chi connectivity index (χ4n) is 4.11. The molecule has 0 saturated carbocycles. The molecule has 3 N–H and O–H groups in total. The van der Waals surface area contributed by atoms with Crippen LogP contribution in [0.3, 0.4) is 0 Å². The van der Waals surface area contributed by atoms with E-state index in [1.807, 2.05) is 7.05 Å². The fourth-order valence-corrected chi connectivity index (χ4v) is 4.68. The van der Waals surface area contributed by atoms with Crippen LogP contribution in [0.4, 0.5) is 0 Å². The smallest absolute Gasteiger partial charge is 0.264 e. The van der Waals surface area contributed by atoms with E-state index in [1.54, 1.807) is 0 Å². The van der Waals surface area contributed by atoms with E-state index in [2.05, 4.69) is 6.92 Å². The standard InChI is InChI=1S/C23H49NO5S/c1-3-4-5-6-7-8-9-10-11-12-13-14-15-16-18-24(2,19-20-25)22-23(26)17-21-30(27,28)29/h23,25-26H,3-22H2,1-2H3/p+1. The molecule has 0 fully saturated rings. The Bertz CT molecular complexity index is 486. The Morgan fingerprint density at radius 3 is 1.60 bits per heavy atom. The van der Waals surface area contributed by atoms with E-state index >= 15 is 0 Å². The van der Waals surface area contributed by atoms with Crippen LogP contribution in [0.2, 0.25) is 0 Å². The predicted molar refractivity (Wildman–Crippen MR) is 125 cm³/mol. The third-order valence-corrected chi connectivity index (χ3v) is 6.80. The van der Waals surface area contributed by atoms with Crippen LogP contribution in [0.25, 0.3) is 0 Å². The Labute approximate surface area is 186 Å². The molecule has 0 rings (SSSR count). The van der Waals surface area contributed by atoms with Crippen molar-refractivity contribution in [3.05, 3.63) is 0 Å². The minimum atomic E-state index is -4.05. The van der Waals surface area contributed by atoms with Gasteiger partial charge in [-0.15, -0.1) is 0 Å². The summed E-state index contributed by atoms with van der Waals surface area (Å²) in [6.45, 7) is 4.10. The van der Waals surface area contributed by atoms with Crippen molar-refractivity contribution in [3.63, 3.8) is 0 Å². The van der Waals surface area contributed by atoms with Gasteiger partial charge in [0, 0.05) is 0 Å². The highest BCUT2D eigenvalue weighted by molar-refractivity contribution is 7.85. The number of quaternary nitrogens is 1. The molecule has 6 nitrogen and oxygen atoms in total. The predicted octanol–water partition coefficient (Wildman–Crippen LogP) is 4.55. The van der Waals surface area contributed by atoms with Gasteiger partial charge >= 0.3 is 0 Å². The summed E-state index contributed by atoms with van der Waals surface area (Å²) >= 11 is 0. The van der Waals surface area contributed by atoms with Gasteiger partial charge in [0.2, 0.25) is 0 Å². The van der Waals surface area contributed by atoms with Gasteiger partial charge in [-0.25, -0.2) is 0 Å². The second kappa shape index (κ2) is 18.4. The first-order chi connectivity index (χ1) is 14.2. The van der Waals surface area contributed by atoms with Crippen molar-refractivity contribution in [1.29, 1.82) is 0 Å². The van der Waals surface area contributed by atoms with Crippen molar-refractivity contribution in [2.24, 2.45) is 0 Å². The fraction of sp³-hybridized carbons (Fsp3) is 1.00. The summed E-state index contributed by atoms with van der Waals surface area (Å²) in [5, 5.41) is 19.5. The lowest BCUT2D eigenvalue weighted by atomic mass is 10.0.